The quantitative estimate of drug-likeness (QED) is 0.434. The number of carbonyl (C=O) groups is 1. The van der Waals surface area contributed by atoms with Gasteiger partial charge in [0.05, 0.1) is 16.6 Å². The van der Waals surface area contributed by atoms with E-state index in [9.17, 15) is 13.2 Å². The number of sulfonamides is 1. The van der Waals surface area contributed by atoms with Crippen molar-refractivity contribution in [3.63, 3.8) is 0 Å². The van der Waals surface area contributed by atoms with Crippen LogP contribution in [0.3, 0.4) is 0 Å². The van der Waals surface area contributed by atoms with Gasteiger partial charge in [0, 0.05) is 5.56 Å². The zero-order valence-electron chi connectivity index (χ0n) is 19.8. The van der Waals surface area contributed by atoms with Crippen LogP contribution >= 0.6 is 0 Å². The molecule has 0 aromatic heterocycles. The number of aryl methyl sites for hydroxylation is 2. The van der Waals surface area contributed by atoms with E-state index in [0.29, 0.717) is 22.7 Å². The first-order valence-corrected chi connectivity index (χ1v) is 12.6. The summed E-state index contributed by atoms with van der Waals surface area (Å²) in [6.45, 7) is 9.76. The summed E-state index contributed by atoms with van der Waals surface area (Å²) in [6, 6.07) is 19.9. The highest BCUT2D eigenvalue weighted by Gasteiger charge is 2.22. The predicted octanol–water partition coefficient (Wildman–Crippen LogP) is 5.93. The SMILES string of the molecule is Cc1ccc(C(=O)N[C@@H](CC(C)C)c2ccccc2)cc1S(=O)(=O)Nc1cccc(C)c1C. The number of rotatable bonds is 8. The maximum atomic E-state index is 13.2. The first-order valence-electron chi connectivity index (χ1n) is 11.1. The molecule has 0 aliphatic heterocycles. The van der Waals surface area contributed by atoms with E-state index in [1.807, 2.05) is 56.3 Å². The van der Waals surface area contributed by atoms with Crippen molar-refractivity contribution in [2.75, 3.05) is 4.72 Å². The molecule has 6 heteroatoms. The van der Waals surface area contributed by atoms with Crippen molar-refractivity contribution in [1.29, 1.82) is 0 Å². The number of nitrogens with one attached hydrogen (secondary N) is 2. The molecule has 0 saturated heterocycles. The fraction of sp³-hybridized carbons (Fsp3) is 0.296. The lowest BCUT2D eigenvalue weighted by molar-refractivity contribution is 0.0931. The summed E-state index contributed by atoms with van der Waals surface area (Å²) >= 11 is 0. The second-order valence-electron chi connectivity index (χ2n) is 8.90. The van der Waals surface area contributed by atoms with Crippen molar-refractivity contribution in [3.8, 4) is 0 Å². The van der Waals surface area contributed by atoms with E-state index < -0.39 is 10.0 Å². The van der Waals surface area contributed by atoms with Crippen molar-refractivity contribution in [2.24, 2.45) is 5.92 Å². The smallest absolute Gasteiger partial charge is 0.262 e. The molecule has 1 amide bonds. The van der Waals surface area contributed by atoms with Gasteiger partial charge in [-0.05, 0) is 73.6 Å². The number of hydrogen-bond donors (Lipinski definition) is 2. The third-order valence-electron chi connectivity index (χ3n) is 5.80. The van der Waals surface area contributed by atoms with Gasteiger partial charge in [0.15, 0.2) is 0 Å². The maximum Gasteiger partial charge on any atom is 0.262 e. The van der Waals surface area contributed by atoms with E-state index in [1.54, 1.807) is 25.1 Å². The van der Waals surface area contributed by atoms with Gasteiger partial charge in [-0.2, -0.15) is 0 Å². The maximum absolute atomic E-state index is 13.2. The first kappa shape index (κ1) is 24.5. The summed E-state index contributed by atoms with van der Waals surface area (Å²) in [5.41, 5.74) is 4.31. The Balaban J connectivity index is 1.89. The molecule has 174 valence electrons. The van der Waals surface area contributed by atoms with Crippen molar-refractivity contribution in [1.82, 2.24) is 5.32 Å². The number of amides is 1. The lowest BCUT2D eigenvalue weighted by Crippen LogP contribution is -2.29. The van der Waals surface area contributed by atoms with Crippen LogP contribution in [-0.4, -0.2) is 14.3 Å². The Morgan fingerprint density at radius 1 is 0.879 bits per heavy atom. The highest BCUT2D eigenvalue weighted by molar-refractivity contribution is 7.92. The highest BCUT2D eigenvalue weighted by Crippen LogP contribution is 2.26. The van der Waals surface area contributed by atoms with Gasteiger partial charge in [-0.1, -0.05) is 62.4 Å². The van der Waals surface area contributed by atoms with Gasteiger partial charge in [0.25, 0.3) is 15.9 Å². The van der Waals surface area contributed by atoms with Gasteiger partial charge < -0.3 is 5.32 Å². The molecule has 0 saturated carbocycles. The Morgan fingerprint density at radius 2 is 1.58 bits per heavy atom. The molecule has 0 aliphatic rings. The van der Waals surface area contributed by atoms with Gasteiger partial charge in [-0.3, -0.25) is 9.52 Å². The molecule has 0 aliphatic carbocycles. The van der Waals surface area contributed by atoms with Crippen LogP contribution in [0.25, 0.3) is 0 Å². The molecule has 0 bridgehead atoms. The molecule has 0 spiro atoms. The largest absolute Gasteiger partial charge is 0.345 e. The monoisotopic (exact) mass is 464 g/mol. The van der Waals surface area contributed by atoms with E-state index in [-0.39, 0.29) is 16.8 Å². The summed E-state index contributed by atoms with van der Waals surface area (Å²) in [5, 5.41) is 3.09. The van der Waals surface area contributed by atoms with Crippen molar-refractivity contribution < 1.29 is 13.2 Å². The minimum absolute atomic E-state index is 0.0937. The summed E-state index contributed by atoms with van der Waals surface area (Å²) in [7, 11) is -3.87. The average molecular weight is 465 g/mol. The van der Waals surface area contributed by atoms with Crippen LogP contribution in [0.4, 0.5) is 5.69 Å². The Bertz CT molecular complexity index is 1240. The van der Waals surface area contributed by atoms with Gasteiger partial charge in [-0.15, -0.1) is 0 Å². The summed E-state index contributed by atoms with van der Waals surface area (Å²) < 4.78 is 29.1. The van der Waals surface area contributed by atoms with Gasteiger partial charge >= 0.3 is 0 Å². The topological polar surface area (TPSA) is 75.3 Å². The molecule has 33 heavy (non-hydrogen) atoms. The molecule has 0 heterocycles. The third kappa shape index (κ3) is 6.02. The summed E-state index contributed by atoms with van der Waals surface area (Å²) in [5.74, 6) is 0.0823. The van der Waals surface area contributed by atoms with Crippen LogP contribution in [0.2, 0.25) is 0 Å². The zero-order valence-corrected chi connectivity index (χ0v) is 20.7. The molecule has 0 unspecified atom stereocenters. The summed E-state index contributed by atoms with van der Waals surface area (Å²) in [6.07, 6.45) is 0.779. The van der Waals surface area contributed by atoms with Gasteiger partial charge in [-0.25, -0.2) is 8.42 Å². The first-order chi connectivity index (χ1) is 15.6. The molecular formula is C27H32N2O3S. The second kappa shape index (κ2) is 10.2. The normalized spacial score (nSPS) is 12.4. The summed E-state index contributed by atoms with van der Waals surface area (Å²) in [4.78, 5) is 13.2. The standard InChI is InChI=1S/C27H32N2O3S/c1-18(2)16-25(22-11-7-6-8-12-22)28-27(30)23-15-14-20(4)26(17-23)33(31,32)29-24-13-9-10-19(3)21(24)5/h6-15,17-18,25,29H,16H2,1-5H3,(H,28,30)/t25-/m0/s1. The molecule has 3 aromatic rings. The minimum Gasteiger partial charge on any atom is -0.345 e. The highest BCUT2D eigenvalue weighted by atomic mass is 32.2. The molecule has 1 atom stereocenters. The van der Waals surface area contributed by atoms with Crippen LogP contribution in [0, 0.1) is 26.7 Å². The molecule has 5 nitrogen and oxygen atoms in total. The molecule has 0 fully saturated rings. The Kier molecular flexibility index (Phi) is 7.59. The van der Waals surface area contributed by atoms with Gasteiger partial charge in [0.1, 0.15) is 0 Å². The Morgan fingerprint density at radius 3 is 2.24 bits per heavy atom. The number of anilines is 1. The Hall–Kier alpha value is -3.12. The van der Waals surface area contributed by atoms with Crippen molar-refractivity contribution in [3.05, 3.63) is 94.5 Å². The molecular weight excluding hydrogens is 432 g/mol. The fourth-order valence-corrected chi connectivity index (χ4v) is 5.16. The van der Waals surface area contributed by atoms with E-state index in [2.05, 4.69) is 23.9 Å². The predicted molar refractivity (Wildman–Crippen MR) is 134 cm³/mol. The van der Waals surface area contributed by atoms with Crippen LogP contribution in [-0.2, 0) is 10.0 Å². The van der Waals surface area contributed by atoms with E-state index in [4.69, 9.17) is 0 Å². The number of benzene rings is 3. The van der Waals surface area contributed by atoms with Crippen LogP contribution < -0.4 is 10.0 Å². The van der Waals surface area contributed by atoms with E-state index >= 15 is 0 Å². The second-order valence-corrected chi connectivity index (χ2v) is 10.6. The van der Waals surface area contributed by atoms with E-state index in [1.165, 1.54) is 6.07 Å². The lowest BCUT2D eigenvalue weighted by atomic mass is 9.96. The van der Waals surface area contributed by atoms with Crippen LogP contribution in [0.15, 0.2) is 71.6 Å². The van der Waals surface area contributed by atoms with Crippen molar-refractivity contribution in [2.45, 2.75) is 52.0 Å². The van der Waals surface area contributed by atoms with E-state index in [0.717, 1.165) is 23.1 Å². The van der Waals surface area contributed by atoms with Crippen LogP contribution in [0.1, 0.15) is 58.9 Å². The Labute approximate surface area is 197 Å². The third-order valence-corrected chi connectivity index (χ3v) is 7.31. The number of carbonyl (C=O) groups excluding carboxylic acids is 1. The number of hydrogen-bond acceptors (Lipinski definition) is 3. The molecule has 3 aromatic carbocycles. The van der Waals surface area contributed by atoms with Gasteiger partial charge in [0.2, 0.25) is 0 Å². The molecule has 0 radical (unpaired) electrons. The fourth-order valence-electron chi connectivity index (χ4n) is 3.77. The average Bonchev–Trinajstić information content (AvgIpc) is 2.76. The van der Waals surface area contributed by atoms with Crippen molar-refractivity contribution >= 4 is 21.6 Å². The minimum atomic E-state index is -3.87. The molecule has 3 rings (SSSR count). The van der Waals surface area contributed by atoms with Crippen LogP contribution in [0.5, 0.6) is 0 Å². The lowest BCUT2D eigenvalue weighted by Gasteiger charge is -2.21. The molecule has 2 N–H and O–H groups in total. The zero-order chi connectivity index (χ0) is 24.2.